The SMILES string of the molecule is Cc1ccc(CNC(=S)Nc2ncccn2)cc1. The van der Waals surface area contributed by atoms with Gasteiger partial charge in [-0.3, -0.25) is 0 Å². The Morgan fingerprint density at radius 3 is 2.50 bits per heavy atom. The second kappa shape index (κ2) is 6.07. The van der Waals surface area contributed by atoms with E-state index in [1.807, 2.05) is 0 Å². The van der Waals surface area contributed by atoms with Crippen molar-refractivity contribution in [2.75, 3.05) is 5.32 Å². The van der Waals surface area contributed by atoms with Crippen LogP contribution in [0.4, 0.5) is 5.95 Å². The third-order valence-corrected chi connectivity index (χ3v) is 2.61. The predicted octanol–water partition coefficient (Wildman–Crippen LogP) is 2.27. The average Bonchev–Trinajstić information content (AvgIpc) is 2.39. The largest absolute Gasteiger partial charge is 0.358 e. The number of nitrogens with zero attached hydrogens (tertiary/aromatic N) is 2. The van der Waals surface area contributed by atoms with Gasteiger partial charge in [-0.2, -0.15) is 0 Å². The third kappa shape index (κ3) is 3.78. The van der Waals surface area contributed by atoms with E-state index in [1.54, 1.807) is 18.5 Å². The lowest BCUT2D eigenvalue weighted by Gasteiger charge is -2.09. The molecule has 0 aliphatic rings. The zero-order valence-corrected chi connectivity index (χ0v) is 10.9. The van der Waals surface area contributed by atoms with Gasteiger partial charge in [0.15, 0.2) is 5.11 Å². The van der Waals surface area contributed by atoms with Crippen LogP contribution in [0.1, 0.15) is 11.1 Å². The van der Waals surface area contributed by atoms with Crippen molar-refractivity contribution in [3.8, 4) is 0 Å². The number of benzene rings is 1. The Balaban J connectivity index is 1.83. The molecule has 0 atom stereocenters. The Morgan fingerprint density at radius 2 is 1.83 bits per heavy atom. The lowest BCUT2D eigenvalue weighted by atomic mass is 10.1. The maximum atomic E-state index is 5.16. The topological polar surface area (TPSA) is 49.8 Å². The van der Waals surface area contributed by atoms with Crippen molar-refractivity contribution >= 4 is 23.3 Å². The standard InChI is InChI=1S/C13H14N4S/c1-10-3-5-11(6-4-10)9-16-13(18)17-12-14-7-2-8-15-12/h2-8H,9H2,1H3,(H2,14,15,16,17,18). The van der Waals surface area contributed by atoms with Crippen LogP contribution in [0.25, 0.3) is 0 Å². The fourth-order valence-corrected chi connectivity index (χ4v) is 1.56. The number of anilines is 1. The molecule has 0 bridgehead atoms. The van der Waals surface area contributed by atoms with Crippen molar-refractivity contribution in [1.82, 2.24) is 15.3 Å². The summed E-state index contributed by atoms with van der Waals surface area (Å²) in [7, 11) is 0. The first-order chi connectivity index (χ1) is 8.74. The van der Waals surface area contributed by atoms with Gasteiger partial charge < -0.3 is 10.6 Å². The first-order valence-electron chi connectivity index (χ1n) is 5.61. The van der Waals surface area contributed by atoms with Crippen LogP contribution in [-0.4, -0.2) is 15.1 Å². The molecule has 1 aromatic heterocycles. The number of aryl methyl sites for hydroxylation is 1. The monoisotopic (exact) mass is 258 g/mol. The van der Waals surface area contributed by atoms with E-state index >= 15 is 0 Å². The van der Waals surface area contributed by atoms with Crippen molar-refractivity contribution in [3.63, 3.8) is 0 Å². The summed E-state index contributed by atoms with van der Waals surface area (Å²) in [4.78, 5) is 8.07. The van der Waals surface area contributed by atoms with Crippen molar-refractivity contribution in [2.24, 2.45) is 0 Å². The number of hydrogen-bond acceptors (Lipinski definition) is 3. The van der Waals surface area contributed by atoms with Crippen LogP contribution in [0.5, 0.6) is 0 Å². The fraction of sp³-hybridized carbons (Fsp3) is 0.154. The van der Waals surface area contributed by atoms with Crippen molar-refractivity contribution < 1.29 is 0 Å². The maximum Gasteiger partial charge on any atom is 0.228 e. The molecule has 0 saturated carbocycles. The Morgan fingerprint density at radius 1 is 1.17 bits per heavy atom. The molecule has 18 heavy (non-hydrogen) atoms. The van der Waals surface area contributed by atoms with Gasteiger partial charge in [-0.25, -0.2) is 9.97 Å². The van der Waals surface area contributed by atoms with Crippen LogP contribution < -0.4 is 10.6 Å². The van der Waals surface area contributed by atoms with Crippen LogP contribution >= 0.6 is 12.2 Å². The molecule has 0 spiro atoms. The Bertz CT molecular complexity index is 510. The first kappa shape index (κ1) is 12.4. The van der Waals surface area contributed by atoms with E-state index in [1.165, 1.54) is 11.1 Å². The number of rotatable bonds is 3. The van der Waals surface area contributed by atoms with Gasteiger partial charge in [0.25, 0.3) is 0 Å². The van der Waals surface area contributed by atoms with Crippen LogP contribution in [0.2, 0.25) is 0 Å². The molecule has 0 aliphatic carbocycles. The molecular weight excluding hydrogens is 244 g/mol. The Hall–Kier alpha value is -2.01. The van der Waals surface area contributed by atoms with Crippen molar-refractivity contribution in [1.29, 1.82) is 0 Å². The van der Waals surface area contributed by atoms with Gasteiger partial charge >= 0.3 is 0 Å². The zero-order valence-electron chi connectivity index (χ0n) is 10.1. The summed E-state index contributed by atoms with van der Waals surface area (Å²) >= 11 is 5.16. The Labute approximate surface area is 111 Å². The molecule has 0 radical (unpaired) electrons. The lowest BCUT2D eigenvalue weighted by molar-refractivity contribution is 0.922. The molecule has 0 unspecified atom stereocenters. The van der Waals surface area contributed by atoms with E-state index in [4.69, 9.17) is 12.2 Å². The summed E-state index contributed by atoms with van der Waals surface area (Å²) in [5, 5.41) is 6.54. The van der Waals surface area contributed by atoms with Gasteiger partial charge in [0, 0.05) is 18.9 Å². The Kier molecular flexibility index (Phi) is 4.20. The number of hydrogen-bond donors (Lipinski definition) is 2. The number of thiocarbonyl (C=S) groups is 1. The van der Waals surface area contributed by atoms with Gasteiger partial charge in [-0.1, -0.05) is 29.8 Å². The number of nitrogens with one attached hydrogen (secondary N) is 2. The molecule has 5 heteroatoms. The average molecular weight is 258 g/mol. The van der Waals surface area contributed by atoms with Gasteiger partial charge in [0.1, 0.15) is 0 Å². The van der Waals surface area contributed by atoms with Gasteiger partial charge in [0.05, 0.1) is 0 Å². The van der Waals surface area contributed by atoms with Crippen LogP contribution in [0.3, 0.4) is 0 Å². The third-order valence-electron chi connectivity index (χ3n) is 2.36. The molecule has 2 aromatic rings. The van der Waals surface area contributed by atoms with E-state index in [0.29, 0.717) is 17.6 Å². The van der Waals surface area contributed by atoms with E-state index < -0.39 is 0 Å². The quantitative estimate of drug-likeness (QED) is 0.827. The van der Waals surface area contributed by atoms with Gasteiger partial charge in [-0.05, 0) is 30.8 Å². The highest BCUT2D eigenvalue weighted by Gasteiger charge is 1.99. The second-order valence-electron chi connectivity index (χ2n) is 3.87. The minimum Gasteiger partial charge on any atom is -0.358 e. The molecule has 92 valence electrons. The van der Waals surface area contributed by atoms with Crippen LogP contribution in [0, 0.1) is 6.92 Å². The summed E-state index contributed by atoms with van der Waals surface area (Å²) in [6, 6.07) is 10.1. The molecule has 1 heterocycles. The molecular formula is C13H14N4S. The summed E-state index contributed by atoms with van der Waals surface area (Å²) in [6.07, 6.45) is 3.33. The highest BCUT2D eigenvalue weighted by molar-refractivity contribution is 7.80. The minimum absolute atomic E-state index is 0.499. The number of aromatic nitrogens is 2. The lowest BCUT2D eigenvalue weighted by Crippen LogP contribution is -2.28. The molecule has 0 amide bonds. The van der Waals surface area contributed by atoms with Crippen molar-refractivity contribution in [3.05, 3.63) is 53.9 Å². The first-order valence-corrected chi connectivity index (χ1v) is 6.02. The zero-order chi connectivity index (χ0) is 12.8. The molecule has 1 aromatic carbocycles. The second-order valence-corrected chi connectivity index (χ2v) is 4.27. The highest BCUT2D eigenvalue weighted by atomic mass is 32.1. The highest BCUT2D eigenvalue weighted by Crippen LogP contribution is 2.02. The summed E-state index contributed by atoms with van der Waals surface area (Å²) < 4.78 is 0. The minimum atomic E-state index is 0.499. The van der Waals surface area contributed by atoms with E-state index in [0.717, 1.165) is 0 Å². The van der Waals surface area contributed by atoms with E-state index in [9.17, 15) is 0 Å². The van der Waals surface area contributed by atoms with E-state index in [-0.39, 0.29) is 0 Å². The van der Waals surface area contributed by atoms with Crippen LogP contribution in [-0.2, 0) is 6.54 Å². The molecule has 4 nitrogen and oxygen atoms in total. The fourth-order valence-electron chi connectivity index (χ4n) is 1.40. The molecule has 2 rings (SSSR count). The summed E-state index contributed by atoms with van der Waals surface area (Å²) in [5.74, 6) is 0.499. The van der Waals surface area contributed by atoms with Gasteiger partial charge in [-0.15, -0.1) is 0 Å². The molecule has 2 N–H and O–H groups in total. The van der Waals surface area contributed by atoms with Crippen molar-refractivity contribution in [2.45, 2.75) is 13.5 Å². The predicted molar refractivity (Wildman–Crippen MR) is 76.3 cm³/mol. The smallest absolute Gasteiger partial charge is 0.228 e. The molecule has 0 aliphatic heterocycles. The normalized spacial score (nSPS) is 9.83. The summed E-state index contributed by atoms with van der Waals surface area (Å²) in [6.45, 7) is 2.75. The maximum absolute atomic E-state index is 5.16. The van der Waals surface area contributed by atoms with E-state index in [2.05, 4.69) is 51.8 Å². The van der Waals surface area contributed by atoms with Crippen LogP contribution in [0.15, 0.2) is 42.7 Å². The molecule has 0 fully saturated rings. The van der Waals surface area contributed by atoms with Gasteiger partial charge in [0.2, 0.25) is 5.95 Å². The summed E-state index contributed by atoms with van der Waals surface area (Å²) in [5.41, 5.74) is 2.43. The molecule has 0 saturated heterocycles.